The van der Waals surface area contributed by atoms with E-state index in [2.05, 4.69) is 23.2 Å². The van der Waals surface area contributed by atoms with Gasteiger partial charge in [-0.1, -0.05) is 42.6 Å². The van der Waals surface area contributed by atoms with E-state index in [-0.39, 0.29) is 5.91 Å². The Morgan fingerprint density at radius 2 is 2.11 bits per heavy atom. The Morgan fingerprint density at radius 1 is 1.36 bits per heavy atom. The molecule has 28 heavy (non-hydrogen) atoms. The van der Waals surface area contributed by atoms with Gasteiger partial charge in [0.05, 0.1) is 18.8 Å². The zero-order valence-corrected chi connectivity index (χ0v) is 17.9. The first-order chi connectivity index (χ1) is 13.6. The van der Waals surface area contributed by atoms with Gasteiger partial charge in [-0.3, -0.25) is 4.79 Å². The van der Waals surface area contributed by atoms with Crippen molar-refractivity contribution in [3.8, 4) is 17.2 Å². The second kappa shape index (κ2) is 9.62. The van der Waals surface area contributed by atoms with Gasteiger partial charge in [0.2, 0.25) is 0 Å². The number of morpholine rings is 1. The van der Waals surface area contributed by atoms with E-state index < -0.39 is 0 Å². The molecule has 1 aliphatic rings. The fourth-order valence-corrected chi connectivity index (χ4v) is 4.82. The molecule has 0 bridgehead atoms. The highest BCUT2D eigenvalue weighted by Gasteiger charge is 2.28. The average molecular weight is 438 g/mol. The number of nitrogens with one attached hydrogen (secondary N) is 1. The van der Waals surface area contributed by atoms with Gasteiger partial charge >= 0.3 is 0 Å². The van der Waals surface area contributed by atoms with Crippen LogP contribution in [-0.2, 0) is 4.74 Å². The monoisotopic (exact) mass is 437 g/mol. The van der Waals surface area contributed by atoms with Crippen molar-refractivity contribution in [1.29, 1.82) is 5.26 Å². The molecule has 1 amide bonds. The Balaban J connectivity index is 2.11. The minimum atomic E-state index is -0.185. The summed E-state index contributed by atoms with van der Waals surface area (Å²) in [7, 11) is 0. The van der Waals surface area contributed by atoms with Crippen LogP contribution in [0.2, 0.25) is 10.0 Å². The Kier molecular flexibility index (Phi) is 7.19. The van der Waals surface area contributed by atoms with Gasteiger partial charge in [0, 0.05) is 40.8 Å². The van der Waals surface area contributed by atoms with Crippen molar-refractivity contribution < 1.29 is 9.53 Å². The summed E-state index contributed by atoms with van der Waals surface area (Å²) in [6.45, 7) is 5.21. The van der Waals surface area contributed by atoms with Crippen LogP contribution < -0.4 is 10.2 Å². The number of hydrogen-bond acceptors (Lipinski definition) is 5. The average Bonchev–Trinajstić information content (AvgIpc) is 3.08. The summed E-state index contributed by atoms with van der Waals surface area (Å²) in [6.07, 6.45) is 1.89. The zero-order chi connectivity index (χ0) is 20.1. The van der Waals surface area contributed by atoms with Gasteiger partial charge in [-0.15, -0.1) is 11.3 Å². The second-order valence-electron chi connectivity index (χ2n) is 6.43. The third-order valence-corrected chi connectivity index (χ3v) is 6.32. The van der Waals surface area contributed by atoms with Gasteiger partial charge in [-0.25, -0.2) is 0 Å². The number of nitrogens with zero attached hydrogens (tertiary/aromatic N) is 2. The topological polar surface area (TPSA) is 65.4 Å². The Morgan fingerprint density at radius 3 is 2.75 bits per heavy atom. The quantitative estimate of drug-likeness (QED) is 0.648. The van der Waals surface area contributed by atoms with Crippen LogP contribution in [-0.4, -0.2) is 38.8 Å². The van der Waals surface area contributed by atoms with E-state index in [0.29, 0.717) is 64.5 Å². The maximum atomic E-state index is 12.9. The summed E-state index contributed by atoms with van der Waals surface area (Å²) in [5.41, 5.74) is 1.68. The smallest absolute Gasteiger partial charge is 0.262 e. The van der Waals surface area contributed by atoms with E-state index in [0.717, 1.165) is 17.8 Å². The fraction of sp³-hybridized carbons (Fsp3) is 0.400. The van der Waals surface area contributed by atoms with Gasteiger partial charge in [0.1, 0.15) is 15.9 Å². The lowest BCUT2D eigenvalue weighted by atomic mass is 10.0. The maximum absolute atomic E-state index is 12.9. The van der Waals surface area contributed by atoms with Crippen LogP contribution in [0.15, 0.2) is 18.2 Å². The van der Waals surface area contributed by atoms with E-state index in [1.807, 2.05) is 0 Å². The number of amides is 1. The van der Waals surface area contributed by atoms with Crippen LogP contribution in [0.4, 0.5) is 5.00 Å². The number of unbranched alkanes of at least 4 members (excludes halogenated alkanes) is 1. The molecule has 8 heteroatoms. The lowest BCUT2D eigenvalue weighted by Gasteiger charge is -2.27. The number of hydrogen-bond donors (Lipinski definition) is 1. The van der Waals surface area contributed by atoms with E-state index in [4.69, 9.17) is 27.9 Å². The maximum Gasteiger partial charge on any atom is 0.262 e. The highest BCUT2D eigenvalue weighted by atomic mass is 35.5. The molecule has 0 aliphatic carbocycles. The van der Waals surface area contributed by atoms with E-state index in [1.54, 1.807) is 18.2 Å². The summed E-state index contributed by atoms with van der Waals surface area (Å²) < 4.78 is 5.43. The molecule has 3 rings (SSSR count). The molecular weight excluding hydrogens is 417 g/mol. The molecule has 1 fully saturated rings. The molecular formula is C20H21Cl2N3O2S. The van der Waals surface area contributed by atoms with Gasteiger partial charge in [-0.05, 0) is 18.6 Å². The summed E-state index contributed by atoms with van der Waals surface area (Å²) in [6, 6.07) is 7.41. The minimum Gasteiger partial charge on any atom is -0.378 e. The predicted molar refractivity (Wildman–Crippen MR) is 115 cm³/mol. The number of rotatable bonds is 6. The number of benzene rings is 1. The van der Waals surface area contributed by atoms with Gasteiger partial charge in [0.25, 0.3) is 5.91 Å². The standard InChI is InChI=1S/C20H21Cl2N3O2S/c1-2-3-6-24-19(26)18-17(14-5-4-13(21)11-16(14)22)15(12-23)20(28-18)25-7-9-27-10-8-25/h4-5,11H,2-3,6-10H2,1H3,(H,24,26). The minimum absolute atomic E-state index is 0.185. The van der Waals surface area contributed by atoms with Crippen LogP contribution >= 0.6 is 34.5 Å². The van der Waals surface area contributed by atoms with Crippen LogP contribution in [0.5, 0.6) is 0 Å². The van der Waals surface area contributed by atoms with E-state index in [9.17, 15) is 10.1 Å². The molecule has 1 saturated heterocycles. The molecule has 0 spiro atoms. The van der Waals surface area contributed by atoms with Crippen LogP contribution in [0.3, 0.4) is 0 Å². The number of thiophene rings is 1. The summed E-state index contributed by atoms with van der Waals surface area (Å²) >= 11 is 13.8. The van der Waals surface area contributed by atoms with Crippen molar-refractivity contribution in [2.75, 3.05) is 37.7 Å². The Hall–Kier alpha value is -1.78. The first kappa shape index (κ1) is 20.9. The molecule has 1 aliphatic heterocycles. The van der Waals surface area contributed by atoms with Crippen molar-refractivity contribution in [1.82, 2.24) is 5.32 Å². The largest absolute Gasteiger partial charge is 0.378 e. The number of anilines is 1. The molecule has 2 aromatic rings. The summed E-state index contributed by atoms with van der Waals surface area (Å²) in [4.78, 5) is 15.5. The van der Waals surface area contributed by atoms with E-state index in [1.165, 1.54) is 11.3 Å². The fourth-order valence-electron chi connectivity index (χ4n) is 3.08. The molecule has 1 aromatic heterocycles. The lowest BCUT2D eigenvalue weighted by molar-refractivity contribution is 0.0958. The number of ether oxygens (including phenoxy) is 1. The molecule has 0 atom stereocenters. The predicted octanol–water partition coefficient (Wildman–Crippen LogP) is 4.96. The molecule has 0 saturated carbocycles. The number of halogens is 2. The number of carbonyl (C=O) groups is 1. The molecule has 1 aromatic carbocycles. The van der Waals surface area contributed by atoms with Gasteiger partial charge in [0.15, 0.2) is 0 Å². The van der Waals surface area contributed by atoms with Crippen LogP contribution in [0.1, 0.15) is 35.0 Å². The molecule has 1 N–H and O–H groups in total. The molecule has 2 heterocycles. The highest BCUT2D eigenvalue weighted by molar-refractivity contribution is 7.19. The normalized spacial score (nSPS) is 14.0. The molecule has 0 radical (unpaired) electrons. The Labute approximate surface area is 178 Å². The molecule has 0 unspecified atom stereocenters. The SMILES string of the molecule is CCCCNC(=O)c1sc(N2CCOCC2)c(C#N)c1-c1ccc(Cl)cc1Cl. The van der Waals surface area contributed by atoms with Crippen molar-refractivity contribution in [3.05, 3.63) is 38.7 Å². The third-order valence-electron chi connectivity index (χ3n) is 4.52. The second-order valence-corrected chi connectivity index (χ2v) is 8.27. The van der Waals surface area contributed by atoms with Gasteiger partial charge in [-0.2, -0.15) is 5.26 Å². The van der Waals surface area contributed by atoms with Crippen molar-refractivity contribution in [3.63, 3.8) is 0 Å². The van der Waals surface area contributed by atoms with Crippen LogP contribution in [0, 0.1) is 11.3 Å². The number of nitriles is 1. The summed E-state index contributed by atoms with van der Waals surface area (Å²) in [5, 5.41) is 14.6. The highest BCUT2D eigenvalue weighted by Crippen LogP contribution is 2.44. The Bertz CT molecular complexity index is 902. The number of carbonyl (C=O) groups excluding carboxylic acids is 1. The first-order valence-corrected chi connectivity index (χ1v) is 10.8. The van der Waals surface area contributed by atoms with E-state index >= 15 is 0 Å². The zero-order valence-electron chi connectivity index (χ0n) is 15.6. The van der Waals surface area contributed by atoms with Crippen LogP contribution in [0.25, 0.3) is 11.1 Å². The third kappa shape index (κ3) is 4.44. The van der Waals surface area contributed by atoms with Crippen molar-refractivity contribution in [2.24, 2.45) is 0 Å². The molecule has 148 valence electrons. The summed E-state index contributed by atoms with van der Waals surface area (Å²) in [5.74, 6) is -0.185. The molecule has 5 nitrogen and oxygen atoms in total. The lowest BCUT2D eigenvalue weighted by Crippen LogP contribution is -2.36. The van der Waals surface area contributed by atoms with Crippen molar-refractivity contribution >= 4 is 45.4 Å². The van der Waals surface area contributed by atoms with Crippen molar-refractivity contribution in [2.45, 2.75) is 19.8 Å². The van der Waals surface area contributed by atoms with Gasteiger partial charge < -0.3 is 15.0 Å². The first-order valence-electron chi connectivity index (χ1n) is 9.20.